The van der Waals surface area contributed by atoms with E-state index in [0.29, 0.717) is 26.9 Å². The van der Waals surface area contributed by atoms with Crippen LogP contribution < -0.4 is 4.74 Å². The summed E-state index contributed by atoms with van der Waals surface area (Å²) in [5.74, 6) is 1.83. The number of rotatable bonds is 6. The molecule has 4 nitrogen and oxygen atoms in total. The van der Waals surface area contributed by atoms with Crippen LogP contribution in [0.2, 0.25) is 10.0 Å². The zero-order chi connectivity index (χ0) is 17.8. The molecule has 130 valence electrons. The van der Waals surface area contributed by atoms with Crippen LogP contribution in [0.3, 0.4) is 0 Å². The number of nitrogens with zero attached hydrogens (tertiary/aromatic N) is 2. The van der Waals surface area contributed by atoms with Gasteiger partial charge in [0.15, 0.2) is 6.61 Å². The molecule has 0 N–H and O–H groups in total. The number of ether oxygens (including phenoxy) is 1. The number of thioether (sulfide) groups is 1. The van der Waals surface area contributed by atoms with Crippen molar-refractivity contribution in [3.8, 4) is 5.75 Å². The van der Waals surface area contributed by atoms with E-state index in [9.17, 15) is 0 Å². The van der Waals surface area contributed by atoms with Crippen molar-refractivity contribution in [2.75, 3.05) is 0 Å². The summed E-state index contributed by atoms with van der Waals surface area (Å²) in [6.07, 6.45) is 0. The second-order valence-electron chi connectivity index (χ2n) is 5.52. The predicted octanol–water partition coefficient (Wildman–Crippen LogP) is 5.86. The first-order valence-electron chi connectivity index (χ1n) is 7.60. The minimum absolute atomic E-state index is 0.234. The smallest absolute Gasteiger partial charge is 0.277 e. The number of halogens is 2. The van der Waals surface area contributed by atoms with Gasteiger partial charge in [-0.15, -0.1) is 10.2 Å². The molecule has 0 aliphatic rings. The highest BCUT2D eigenvalue weighted by Gasteiger charge is 2.10. The van der Waals surface area contributed by atoms with E-state index in [1.807, 2.05) is 31.2 Å². The average molecular weight is 395 g/mol. The van der Waals surface area contributed by atoms with E-state index in [2.05, 4.69) is 17.1 Å². The van der Waals surface area contributed by atoms with Gasteiger partial charge in [0.1, 0.15) is 5.75 Å². The molecule has 0 atom stereocenters. The SMILES string of the molecule is Cc1ccc(OCc2nnc(SCc3ccc(Cl)cc3Cl)o2)cc1C. The quantitative estimate of drug-likeness (QED) is 0.489. The number of aryl methyl sites for hydroxylation is 2. The monoisotopic (exact) mass is 394 g/mol. The van der Waals surface area contributed by atoms with E-state index in [0.717, 1.165) is 11.3 Å². The van der Waals surface area contributed by atoms with Crippen molar-refractivity contribution < 1.29 is 9.15 Å². The molecule has 0 fully saturated rings. The Morgan fingerprint density at radius 3 is 2.64 bits per heavy atom. The highest BCUT2D eigenvalue weighted by Crippen LogP contribution is 2.28. The van der Waals surface area contributed by atoms with Crippen LogP contribution in [0.1, 0.15) is 22.6 Å². The molecule has 2 aromatic carbocycles. The molecule has 3 aromatic rings. The lowest BCUT2D eigenvalue weighted by atomic mass is 10.1. The van der Waals surface area contributed by atoms with Gasteiger partial charge in [-0.1, -0.05) is 47.1 Å². The molecule has 0 aliphatic heterocycles. The third-order valence-corrected chi connectivity index (χ3v) is 5.11. The standard InChI is InChI=1S/C18H16Cl2N2O2S/c1-11-3-6-15(7-12(11)2)23-9-17-21-22-18(24-17)25-10-13-4-5-14(19)8-16(13)20/h3-8H,9-10H2,1-2H3. The summed E-state index contributed by atoms with van der Waals surface area (Å²) < 4.78 is 11.3. The largest absolute Gasteiger partial charge is 0.484 e. The topological polar surface area (TPSA) is 48.2 Å². The van der Waals surface area contributed by atoms with E-state index in [1.54, 1.807) is 12.1 Å². The Hall–Kier alpha value is -1.69. The molecule has 0 saturated carbocycles. The van der Waals surface area contributed by atoms with Gasteiger partial charge in [-0.05, 0) is 54.8 Å². The third-order valence-electron chi connectivity index (χ3n) is 3.66. The summed E-state index contributed by atoms with van der Waals surface area (Å²) in [4.78, 5) is 0. The molecule has 0 spiro atoms. The summed E-state index contributed by atoms with van der Waals surface area (Å²) in [5, 5.41) is 9.74. The van der Waals surface area contributed by atoms with Gasteiger partial charge in [0, 0.05) is 15.8 Å². The van der Waals surface area contributed by atoms with E-state index < -0.39 is 0 Å². The minimum Gasteiger partial charge on any atom is -0.484 e. The molecule has 0 aliphatic carbocycles. The molecular formula is C18H16Cl2N2O2S. The summed E-state index contributed by atoms with van der Waals surface area (Å²) in [5.41, 5.74) is 3.37. The third kappa shape index (κ3) is 4.91. The zero-order valence-electron chi connectivity index (χ0n) is 13.8. The van der Waals surface area contributed by atoms with Crippen LogP contribution in [0.25, 0.3) is 0 Å². The fourth-order valence-electron chi connectivity index (χ4n) is 2.08. The van der Waals surface area contributed by atoms with Crippen molar-refractivity contribution in [1.82, 2.24) is 10.2 Å². The van der Waals surface area contributed by atoms with Crippen LogP contribution >= 0.6 is 35.0 Å². The Morgan fingerprint density at radius 2 is 1.88 bits per heavy atom. The lowest BCUT2D eigenvalue weighted by Gasteiger charge is -2.06. The Balaban J connectivity index is 1.56. The lowest BCUT2D eigenvalue weighted by Crippen LogP contribution is -1.96. The van der Waals surface area contributed by atoms with Crippen LogP contribution in [-0.2, 0) is 12.4 Å². The van der Waals surface area contributed by atoms with Gasteiger partial charge in [-0.3, -0.25) is 0 Å². The molecule has 3 rings (SSSR count). The molecule has 0 bridgehead atoms. The van der Waals surface area contributed by atoms with Gasteiger partial charge in [0.25, 0.3) is 11.1 Å². The molecule has 0 amide bonds. The van der Waals surface area contributed by atoms with E-state index in [1.165, 1.54) is 22.9 Å². The van der Waals surface area contributed by atoms with Gasteiger partial charge < -0.3 is 9.15 Å². The molecule has 0 radical (unpaired) electrons. The van der Waals surface area contributed by atoms with Gasteiger partial charge in [-0.2, -0.15) is 0 Å². The van der Waals surface area contributed by atoms with Gasteiger partial charge in [0.05, 0.1) is 0 Å². The van der Waals surface area contributed by atoms with Gasteiger partial charge in [-0.25, -0.2) is 0 Å². The molecule has 0 unspecified atom stereocenters. The highest BCUT2D eigenvalue weighted by atomic mass is 35.5. The summed E-state index contributed by atoms with van der Waals surface area (Å²) in [6, 6.07) is 11.4. The van der Waals surface area contributed by atoms with E-state index >= 15 is 0 Å². The second-order valence-corrected chi connectivity index (χ2v) is 7.29. The summed E-state index contributed by atoms with van der Waals surface area (Å²) >= 11 is 13.5. The van der Waals surface area contributed by atoms with Crippen molar-refractivity contribution in [3.63, 3.8) is 0 Å². The maximum atomic E-state index is 6.16. The summed E-state index contributed by atoms with van der Waals surface area (Å²) in [7, 11) is 0. The normalized spacial score (nSPS) is 10.9. The Bertz CT molecular complexity index is 883. The van der Waals surface area contributed by atoms with Crippen molar-refractivity contribution in [1.29, 1.82) is 0 Å². The van der Waals surface area contributed by atoms with Crippen molar-refractivity contribution in [2.45, 2.75) is 31.4 Å². The van der Waals surface area contributed by atoms with Crippen LogP contribution in [0.15, 0.2) is 46.0 Å². The van der Waals surface area contributed by atoms with E-state index in [-0.39, 0.29) is 6.61 Å². The van der Waals surface area contributed by atoms with Crippen LogP contribution in [0.5, 0.6) is 5.75 Å². The first-order chi connectivity index (χ1) is 12.0. The van der Waals surface area contributed by atoms with Crippen molar-refractivity contribution >= 4 is 35.0 Å². The second kappa shape index (κ2) is 8.13. The van der Waals surface area contributed by atoms with Crippen molar-refractivity contribution in [3.05, 3.63) is 69.0 Å². The van der Waals surface area contributed by atoms with Gasteiger partial charge in [0.2, 0.25) is 0 Å². The van der Waals surface area contributed by atoms with Crippen molar-refractivity contribution in [2.24, 2.45) is 0 Å². The average Bonchev–Trinajstić information content (AvgIpc) is 3.03. The number of hydrogen-bond acceptors (Lipinski definition) is 5. The Morgan fingerprint density at radius 1 is 1.04 bits per heavy atom. The maximum absolute atomic E-state index is 6.16. The Kier molecular flexibility index (Phi) is 5.89. The zero-order valence-corrected chi connectivity index (χ0v) is 16.1. The first-order valence-corrected chi connectivity index (χ1v) is 9.34. The van der Waals surface area contributed by atoms with Crippen LogP contribution in [0, 0.1) is 13.8 Å². The van der Waals surface area contributed by atoms with E-state index in [4.69, 9.17) is 32.4 Å². The highest BCUT2D eigenvalue weighted by molar-refractivity contribution is 7.98. The first kappa shape index (κ1) is 18.1. The number of hydrogen-bond donors (Lipinski definition) is 0. The van der Waals surface area contributed by atoms with Crippen LogP contribution in [0.4, 0.5) is 0 Å². The maximum Gasteiger partial charge on any atom is 0.277 e. The number of aromatic nitrogens is 2. The molecule has 25 heavy (non-hydrogen) atoms. The number of benzene rings is 2. The fraction of sp³-hybridized carbons (Fsp3) is 0.222. The molecule has 1 heterocycles. The molecule has 7 heteroatoms. The molecular weight excluding hydrogens is 379 g/mol. The van der Waals surface area contributed by atoms with Gasteiger partial charge >= 0.3 is 0 Å². The molecule has 1 aromatic heterocycles. The lowest BCUT2D eigenvalue weighted by molar-refractivity contribution is 0.252. The predicted molar refractivity (Wildman–Crippen MR) is 101 cm³/mol. The minimum atomic E-state index is 0.234. The Labute approximate surface area is 160 Å². The molecule has 0 saturated heterocycles. The summed E-state index contributed by atoms with van der Waals surface area (Å²) in [6.45, 7) is 4.34. The van der Waals surface area contributed by atoms with Crippen LogP contribution in [-0.4, -0.2) is 10.2 Å². The fourth-order valence-corrected chi connectivity index (χ4v) is 3.42.